The average molecular weight is 278 g/mol. The summed E-state index contributed by atoms with van der Waals surface area (Å²) in [4.78, 5) is 2.51. The molecule has 1 fully saturated rings. The normalized spacial score (nSPS) is 21.4. The van der Waals surface area contributed by atoms with Gasteiger partial charge in [0.05, 0.1) is 7.11 Å². The molecule has 1 heterocycles. The van der Waals surface area contributed by atoms with Crippen molar-refractivity contribution in [3.63, 3.8) is 0 Å². The third-order valence-corrected chi connectivity index (χ3v) is 4.27. The second-order valence-electron chi connectivity index (χ2n) is 5.62. The number of phenolic OH excluding ortho intramolecular Hbond substituents is 1. The summed E-state index contributed by atoms with van der Waals surface area (Å²) in [5, 5.41) is 13.3. The molecule has 112 valence electrons. The van der Waals surface area contributed by atoms with Crippen molar-refractivity contribution in [1.29, 1.82) is 0 Å². The number of anilines is 1. The van der Waals surface area contributed by atoms with Crippen molar-refractivity contribution in [2.24, 2.45) is 5.92 Å². The lowest BCUT2D eigenvalue weighted by atomic mass is 9.91. The molecule has 2 atom stereocenters. The number of likely N-dealkylation sites (tertiary alicyclic amines) is 1. The highest BCUT2D eigenvalue weighted by molar-refractivity contribution is 5.54. The van der Waals surface area contributed by atoms with Crippen LogP contribution in [0.5, 0.6) is 11.5 Å². The lowest BCUT2D eigenvalue weighted by Crippen LogP contribution is -2.41. The standard InChI is InChI=1S/C16H26N2O2/c1-4-18-9-5-6-13(11-18)12(2)17-14-7-8-16(20-3)15(19)10-14/h7-8,10,12-13,17,19H,4-6,9,11H2,1-3H3. The highest BCUT2D eigenvalue weighted by Gasteiger charge is 2.23. The van der Waals surface area contributed by atoms with Gasteiger partial charge < -0.3 is 20.1 Å². The predicted octanol–water partition coefficient (Wildman–Crippen LogP) is 2.93. The average Bonchev–Trinajstić information content (AvgIpc) is 2.47. The topological polar surface area (TPSA) is 44.7 Å². The summed E-state index contributed by atoms with van der Waals surface area (Å²) < 4.78 is 5.07. The molecule has 0 bridgehead atoms. The van der Waals surface area contributed by atoms with E-state index in [2.05, 4.69) is 24.1 Å². The van der Waals surface area contributed by atoms with Crippen molar-refractivity contribution < 1.29 is 9.84 Å². The van der Waals surface area contributed by atoms with Crippen molar-refractivity contribution in [2.75, 3.05) is 32.1 Å². The first-order valence-electron chi connectivity index (χ1n) is 7.50. The van der Waals surface area contributed by atoms with Crippen LogP contribution in [-0.2, 0) is 0 Å². The molecule has 1 aromatic carbocycles. The Bertz CT molecular complexity index is 436. The molecule has 0 radical (unpaired) electrons. The van der Waals surface area contributed by atoms with Gasteiger partial charge in [0.25, 0.3) is 0 Å². The Kier molecular flexibility index (Phi) is 5.12. The van der Waals surface area contributed by atoms with E-state index in [1.54, 1.807) is 19.2 Å². The molecule has 0 amide bonds. The number of hydrogen-bond acceptors (Lipinski definition) is 4. The maximum atomic E-state index is 9.82. The highest BCUT2D eigenvalue weighted by atomic mass is 16.5. The molecule has 4 heteroatoms. The van der Waals surface area contributed by atoms with Gasteiger partial charge >= 0.3 is 0 Å². The Morgan fingerprint density at radius 1 is 1.50 bits per heavy atom. The number of piperidine rings is 1. The first kappa shape index (κ1) is 15.0. The first-order valence-corrected chi connectivity index (χ1v) is 7.50. The number of benzene rings is 1. The fourth-order valence-corrected chi connectivity index (χ4v) is 2.95. The minimum Gasteiger partial charge on any atom is -0.504 e. The van der Waals surface area contributed by atoms with E-state index >= 15 is 0 Å². The monoisotopic (exact) mass is 278 g/mol. The minimum absolute atomic E-state index is 0.184. The number of ether oxygens (including phenoxy) is 1. The van der Waals surface area contributed by atoms with Crippen LogP contribution in [0.4, 0.5) is 5.69 Å². The largest absolute Gasteiger partial charge is 0.504 e. The van der Waals surface area contributed by atoms with E-state index in [-0.39, 0.29) is 5.75 Å². The zero-order chi connectivity index (χ0) is 14.5. The van der Waals surface area contributed by atoms with Gasteiger partial charge in [0, 0.05) is 24.3 Å². The molecular formula is C16H26N2O2. The highest BCUT2D eigenvalue weighted by Crippen LogP contribution is 2.30. The molecule has 0 spiro atoms. The molecule has 1 saturated heterocycles. The van der Waals surface area contributed by atoms with Crippen molar-refractivity contribution in [3.05, 3.63) is 18.2 Å². The summed E-state index contributed by atoms with van der Waals surface area (Å²) in [6.07, 6.45) is 2.55. The lowest BCUT2D eigenvalue weighted by molar-refractivity contribution is 0.172. The van der Waals surface area contributed by atoms with Crippen LogP contribution in [-0.4, -0.2) is 42.8 Å². The Labute approximate surface area is 121 Å². The van der Waals surface area contributed by atoms with Gasteiger partial charge in [-0.2, -0.15) is 0 Å². The quantitative estimate of drug-likeness (QED) is 0.869. The van der Waals surface area contributed by atoms with E-state index in [1.165, 1.54) is 19.4 Å². The van der Waals surface area contributed by atoms with Crippen LogP contribution in [0.15, 0.2) is 18.2 Å². The van der Waals surface area contributed by atoms with Gasteiger partial charge in [-0.15, -0.1) is 0 Å². The summed E-state index contributed by atoms with van der Waals surface area (Å²) in [5.41, 5.74) is 0.949. The van der Waals surface area contributed by atoms with Crippen molar-refractivity contribution >= 4 is 5.69 Å². The van der Waals surface area contributed by atoms with E-state index in [4.69, 9.17) is 4.74 Å². The van der Waals surface area contributed by atoms with Crippen molar-refractivity contribution in [1.82, 2.24) is 4.90 Å². The first-order chi connectivity index (χ1) is 9.63. The van der Waals surface area contributed by atoms with Gasteiger partial charge in [-0.05, 0) is 50.9 Å². The molecule has 0 aliphatic carbocycles. The summed E-state index contributed by atoms with van der Waals surface area (Å²) in [5.74, 6) is 1.36. The predicted molar refractivity (Wildman–Crippen MR) is 82.6 cm³/mol. The van der Waals surface area contributed by atoms with Crippen LogP contribution in [0.1, 0.15) is 26.7 Å². The number of nitrogens with one attached hydrogen (secondary N) is 1. The number of phenols is 1. The van der Waals surface area contributed by atoms with Crippen molar-refractivity contribution in [2.45, 2.75) is 32.7 Å². The third kappa shape index (κ3) is 3.57. The Hall–Kier alpha value is -1.42. The zero-order valence-corrected chi connectivity index (χ0v) is 12.7. The van der Waals surface area contributed by atoms with E-state index in [0.29, 0.717) is 17.7 Å². The summed E-state index contributed by atoms with van der Waals surface area (Å²) in [6, 6.07) is 5.88. The summed E-state index contributed by atoms with van der Waals surface area (Å²) in [6.45, 7) is 7.97. The molecule has 2 rings (SSSR count). The van der Waals surface area contributed by atoms with E-state index in [0.717, 1.165) is 18.8 Å². The molecular weight excluding hydrogens is 252 g/mol. The Balaban J connectivity index is 1.96. The van der Waals surface area contributed by atoms with Gasteiger partial charge in [0.1, 0.15) is 0 Å². The SMILES string of the molecule is CCN1CCCC(C(C)Nc2ccc(OC)c(O)c2)C1. The Morgan fingerprint density at radius 2 is 2.30 bits per heavy atom. The van der Waals surface area contributed by atoms with E-state index in [1.807, 2.05) is 6.07 Å². The maximum Gasteiger partial charge on any atom is 0.160 e. The van der Waals surface area contributed by atoms with E-state index < -0.39 is 0 Å². The third-order valence-electron chi connectivity index (χ3n) is 4.27. The van der Waals surface area contributed by atoms with Crippen LogP contribution < -0.4 is 10.1 Å². The fourth-order valence-electron chi connectivity index (χ4n) is 2.95. The van der Waals surface area contributed by atoms with Crippen LogP contribution >= 0.6 is 0 Å². The van der Waals surface area contributed by atoms with Gasteiger partial charge in [-0.1, -0.05) is 6.92 Å². The van der Waals surface area contributed by atoms with Crippen molar-refractivity contribution in [3.8, 4) is 11.5 Å². The van der Waals surface area contributed by atoms with Crippen LogP contribution in [0.3, 0.4) is 0 Å². The van der Waals surface area contributed by atoms with Gasteiger partial charge in [0.15, 0.2) is 11.5 Å². The molecule has 0 aromatic heterocycles. The molecule has 2 N–H and O–H groups in total. The van der Waals surface area contributed by atoms with Gasteiger partial charge in [0.2, 0.25) is 0 Å². The van der Waals surface area contributed by atoms with E-state index in [9.17, 15) is 5.11 Å². The number of rotatable bonds is 5. The number of methoxy groups -OCH3 is 1. The lowest BCUT2D eigenvalue weighted by Gasteiger charge is -2.35. The molecule has 1 aromatic rings. The maximum absolute atomic E-state index is 9.82. The molecule has 1 aliphatic rings. The molecule has 2 unspecified atom stereocenters. The number of aromatic hydroxyl groups is 1. The smallest absolute Gasteiger partial charge is 0.160 e. The zero-order valence-electron chi connectivity index (χ0n) is 12.7. The van der Waals surface area contributed by atoms with Gasteiger partial charge in [-0.25, -0.2) is 0 Å². The number of nitrogens with zero attached hydrogens (tertiary/aromatic N) is 1. The molecule has 4 nitrogen and oxygen atoms in total. The fraction of sp³-hybridized carbons (Fsp3) is 0.625. The van der Waals surface area contributed by atoms with Gasteiger partial charge in [-0.3, -0.25) is 0 Å². The second-order valence-corrected chi connectivity index (χ2v) is 5.62. The second kappa shape index (κ2) is 6.84. The molecule has 0 saturated carbocycles. The van der Waals surface area contributed by atoms with Crippen LogP contribution in [0.25, 0.3) is 0 Å². The van der Waals surface area contributed by atoms with Crippen LogP contribution in [0.2, 0.25) is 0 Å². The number of hydrogen-bond donors (Lipinski definition) is 2. The minimum atomic E-state index is 0.184. The molecule has 20 heavy (non-hydrogen) atoms. The summed E-state index contributed by atoms with van der Waals surface area (Å²) >= 11 is 0. The Morgan fingerprint density at radius 3 is 2.95 bits per heavy atom. The molecule has 1 aliphatic heterocycles. The summed E-state index contributed by atoms with van der Waals surface area (Å²) in [7, 11) is 1.56. The van der Waals surface area contributed by atoms with Crippen LogP contribution in [0, 0.1) is 5.92 Å².